The molecule has 1 saturated heterocycles. The maximum Gasteiger partial charge on any atom is 0.276 e. The van der Waals surface area contributed by atoms with Crippen LogP contribution in [0.3, 0.4) is 0 Å². The molecule has 1 fully saturated rings. The van der Waals surface area contributed by atoms with Crippen LogP contribution in [-0.4, -0.2) is 58.1 Å². The summed E-state index contributed by atoms with van der Waals surface area (Å²) in [5, 5.41) is 8.77. The zero-order chi connectivity index (χ0) is 16.6. The first-order valence-corrected chi connectivity index (χ1v) is 8.14. The van der Waals surface area contributed by atoms with Gasteiger partial charge in [0, 0.05) is 30.9 Å². The summed E-state index contributed by atoms with van der Waals surface area (Å²) in [7, 11) is 2.09. The summed E-state index contributed by atoms with van der Waals surface area (Å²) in [6.45, 7) is 5.27. The van der Waals surface area contributed by atoms with Gasteiger partial charge < -0.3 is 14.4 Å². The first-order chi connectivity index (χ1) is 11.0. The van der Waals surface area contributed by atoms with Crippen molar-refractivity contribution in [2.75, 3.05) is 26.7 Å². The summed E-state index contributed by atoms with van der Waals surface area (Å²) >= 11 is 0. The van der Waals surface area contributed by atoms with Gasteiger partial charge in [0.05, 0.1) is 11.6 Å². The van der Waals surface area contributed by atoms with Gasteiger partial charge >= 0.3 is 0 Å². The Morgan fingerprint density at radius 1 is 1.22 bits per heavy atom. The van der Waals surface area contributed by atoms with Crippen LogP contribution < -0.4 is 5.48 Å². The third kappa shape index (κ3) is 2.98. The van der Waals surface area contributed by atoms with Crippen LogP contribution in [-0.2, 0) is 11.3 Å². The molecule has 0 saturated carbocycles. The number of hydrogen-bond acceptors (Lipinski definition) is 4. The Morgan fingerprint density at radius 3 is 2.57 bits per heavy atom. The Hall–Kier alpha value is -1.86. The summed E-state index contributed by atoms with van der Waals surface area (Å²) < 4.78 is 1.99. The second-order valence-corrected chi connectivity index (χ2v) is 6.57. The largest absolute Gasteiger partial charge is 0.347 e. The van der Waals surface area contributed by atoms with Gasteiger partial charge in [-0.2, -0.15) is 0 Å². The molecule has 0 aliphatic carbocycles. The van der Waals surface area contributed by atoms with Gasteiger partial charge in [-0.15, -0.1) is 0 Å². The lowest BCUT2D eigenvalue weighted by molar-refractivity contribution is -0.140. The number of nitrogens with one attached hydrogen (secondary N) is 1. The fraction of sp³-hybridized carbons (Fsp3) is 0.625. The SMILES string of the molecule is CC1c2cc(C(=O)NO)cn2CCN1C(=O)C1CCN(C)CC1. The van der Waals surface area contributed by atoms with Crippen molar-refractivity contribution in [1.82, 2.24) is 19.8 Å². The molecule has 1 aromatic rings. The smallest absolute Gasteiger partial charge is 0.276 e. The zero-order valence-corrected chi connectivity index (χ0v) is 13.7. The molecule has 0 aromatic carbocycles. The third-order valence-corrected chi connectivity index (χ3v) is 5.12. The first-order valence-electron chi connectivity index (χ1n) is 8.14. The minimum Gasteiger partial charge on any atom is -0.347 e. The number of hydrogen-bond donors (Lipinski definition) is 2. The quantitative estimate of drug-likeness (QED) is 0.626. The van der Waals surface area contributed by atoms with Crippen LogP contribution in [0.5, 0.6) is 0 Å². The highest BCUT2D eigenvalue weighted by Gasteiger charge is 2.34. The van der Waals surface area contributed by atoms with Crippen LogP contribution in [0.1, 0.15) is 41.9 Å². The lowest BCUT2D eigenvalue weighted by atomic mass is 9.94. The van der Waals surface area contributed by atoms with Crippen molar-refractivity contribution >= 4 is 11.8 Å². The summed E-state index contributed by atoms with van der Waals surface area (Å²) in [6.07, 6.45) is 3.56. The van der Waals surface area contributed by atoms with Gasteiger partial charge in [0.1, 0.15) is 0 Å². The van der Waals surface area contributed by atoms with Crippen molar-refractivity contribution < 1.29 is 14.8 Å². The van der Waals surface area contributed by atoms with Crippen LogP contribution in [0.2, 0.25) is 0 Å². The van der Waals surface area contributed by atoms with Gasteiger partial charge in [-0.05, 0) is 46.0 Å². The molecule has 0 radical (unpaired) electrons. The Morgan fingerprint density at radius 2 is 1.91 bits per heavy atom. The summed E-state index contributed by atoms with van der Waals surface area (Å²) in [6, 6.07) is 1.70. The number of likely N-dealkylation sites (tertiary alicyclic amines) is 1. The van der Waals surface area contributed by atoms with Crippen LogP contribution in [0.15, 0.2) is 12.3 Å². The van der Waals surface area contributed by atoms with E-state index >= 15 is 0 Å². The Kier molecular flexibility index (Phi) is 4.41. The Labute approximate surface area is 135 Å². The van der Waals surface area contributed by atoms with E-state index in [1.807, 2.05) is 16.4 Å². The molecule has 2 aliphatic rings. The van der Waals surface area contributed by atoms with Gasteiger partial charge in [-0.3, -0.25) is 14.8 Å². The molecule has 7 nitrogen and oxygen atoms in total. The van der Waals surface area contributed by atoms with E-state index in [0.717, 1.165) is 31.6 Å². The lowest BCUT2D eigenvalue weighted by Crippen LogP contribution is -2.46. The van der Waals surface area contributed by atoms with Crippen molar-refractivity contribution in [3.8, 4) is 0 Å². The highest BCUT2D eigenvalue weighted by Crippen LogP contribution is 2.30. The van der Waals surface area contributed by atoms with Crippen LogP contribution in [0, 0.1) is 5.92 Å². The molecule has 1 unspecified atom stereocenters. The minimum atomic E-state index is -0.521. The average molecular weight is 320 g/mol. The average Bonchev–Trinajstić information content (AvgIpc) is 3.00. The summed E-state index contributed by atoms with van der Waals surface area (Å²) in [5.74, 6) is -0.186. The molecule has 3 heterocycles. The van der Waals surface area contributed by atoms with E-state index < -0.39 is 5.91 Å². The van der Waals surface area contributed by atoms with Crippen molar-refractivity contribution in [1.29, 1.82) is 0 Å². The van der Waals surface area contributed by atoms with Gasteiger partial charge in [0.25, 0.3) is 5.91 Å². The zero-order valence-electron chi connectivity index (χ0n) is 13.7. The second kappa shape index (κ2) is 6.33. The predicted octanol–water partition coefficient (Wildman–Crippen LogP) is 0.852. The number of amides is 2. The molecule has 0 bridgehead atoms. The van der Waals surface area contributed by atoms with Crippen molar-refractivity contribution in [3.63, 3.8) is 0 Å². The Bertz CT molecular complexity index is 604. The molecular weight excluding hydrogens is 296 g/mol. The van der Waals surface area contributed by atoms with Crippen molar-refractivity contribution in [2.24, 2.45) is 5.92 Å². The molecule has 1 atom stereocenters. The minimum absolute atomic E-state index is 0.0591. The Balaban J connectivity index is 1.75. The number of carbonyl (C=O) groups excluding carboxylic acids is 2. The first kappa shape index (κ1) is 16.0. The summed E-state index contributed by atoms with van der Waals surface area (Å²) in [4.78, 5) is 28.6. The van der Waals surface area contributed by atoms with Crippen molar-refractivity contribution in [3.05, 3.63) is 23.5 Å². The number of rotatable bonds is 2. The molecule has 1 aromatic heterocycles. The predicted molar refractivity (Wildman–Crippen MR) is 84.0 cm³/mol. The van der Waals surface area contributed by atoms with E-state index in [9.17, 15) is 9.59 Å². The molecule has 126 valence electrons. The monoisotopic (exact) mass is 320 g/mol. The molecule has 2 amide bonds. The number of piperidine rings is 1. The molecule has 2 aliphatic heterocycles. The second-order valence-electron chi connectivity index (χ2n) is 6.57. The number of fused-ring (bicyclic) bond motifs is 1. The van der Waals surface area contributed by atoms with E-state index in [1.54, 1.807) is 17.7 Å². The van der Waals surface area contributed by atoms with Gasteiger partial charge in [0.2, 0.25) is 5.91 Å². The molecule has 23 heavy (non-hydrogen) atoms. The van der Waals surface area contributed by atoms with E-state index in [4.69, 9.17) is 5.21 Å². The highest BCUT2D eigenvalue weighted by atomic mass is 16.5. The normalized spacial score (nSPS) is 22.7. The van der Waals surface area contributed by atoms with Crippen LogP contribution in [0.4, 0.5) is 0 Å². The molecule has 2 N–H and O–H groups in total. The van der Waals surface area contributed by atoms with Crippen LogP contribution >= 0.6 is 0 Å². The summed E-state index contributed by atoms with van der Waals surface area (Å²) in [5.41, 5.74) is 3.02. The van der Waals surface area contributed by atoms with E-state index in [0.29, 0.717) is 18.7 Å². The number of carbonyl (C=O) groups is 2. The third-order valence-electron chi connectivity index (χ3n) is 5.12. The van der Waals surface area contributed by atoms with Gasteiger partial charge in [-0.1, -0.05) is 0 Å². The van der Waals surface area contributed by atoms with Crippen molar-refractivity contribution in [2.45, 2.75) is 32.4 Å². The number of aromatic nitrogens is 1. The topological polar surface area (TPSA) is 77.8 Å². The van der Waals surface area contributed by atoms with E-state index in [1.165, 1.54) is 0 Å². The fourth-order valence-electron chi connectivity index (χ4n) is 3.62. The number of hydroxylamine groups is 1. The number of nitrogens with zero attached hydrogens (tertiary/aromatic N) is 3. The maximum absolute atomic E-state index is 12.9. The van der Waals surface area contributed by atoms with Gasteiger partial charge in [0.15, 0.2) is 0 Å². The van der Waals surface area contributed by atoms with Gasteiger partial charge in [-0.25, -0.2) is 5.48 Å². The maximum atomic E-state index is 12.9. The lowest BCUT2D eigenvalue weighted by Gasteiger charge is -2.38. The molecule has 3 rings (SSSR count). The standard InChI is InChI=1S/C16H24N4O3/c1-11-14-9-13(15(21)17-23)10-19(14)7-8-20(11)16(22)12-3-5-18(2)6-4-12/h9-12,23H,3-8H2,1-2H3,(H,17,21). The molecule has 0 spiro atoms. The molecule has 7 heteroatoms. The van der Waals surface area contributed by atoms with E-state index in [2.05, 4.69) is 11.9 Å². The van der Waals surface area contributed by atoms with E-state index in [-0.39, 0.29) is 17.9 Å². The molecular formula is C16H24N4O3. The fourth-order valence-corrected chi connectivity index (χ4v) is 3.62. The highest BCUT2D eigenvalue weighted by molar-refractivity contribution is 5.93. The van der Waals surface area contributed by atoms with Crippen LogP contribution in [0.25, 0.3) is 0 Å².